The average Bonchev–Trinajstić information content (AvgIpc) is 3.23. The van der Waals surface area contributed by atoms with Gasteiger partial charge in [-0.25, -0.2) is 4.98 Å². The lowest BCUT2D eigenvalue weighted by atomic mass is 10.3. The summed E-state index contributed by atoms with van der Waals surface area (Å²) in [7, 11) is 1.77. The van der Waals surface area contributed by atoms with E-state index >= 15 is 0 Å². The second-order valence-corrected chi connectivity index (χ2v) is 7.69. The number of likely N-dealkylation sites (N-methyl/N-ethyl adjacent to an activating group) is 1. The predicted octanol–water partition coefficient (Wildman–Crippen LogP) is 4.98. The summed E-state index contributed by atoms with van der Waals surface area (Å²) in [4.78, 5) is 19.5. The van der Waals surface area contributed by atoms with E-state index in [9.17, 15) is 4.79 Å². The van der Waals surface area contributed by atoms with Crippen LogP contribution in [0.25, 0.3) is 10.6 Å². The fourth-order valence-corrected chi connectivity index (χ4v) is 4.19. The fourth-order valence-electron chi connectivity index (χ4n) is 2.24. The molecule has 0 saturated heterocycles. The number of aromatic nitrogens is 1. The summed E-state index contributed by atoms with van der Waals surface area (Å²) < 4.78 is 5.65. The Hall–Kier alpha value is -1.89. The molecule has 7 heteroatoms. The Balaban J connectivity index is 1.61. The van der Waals surface area contributed by atoms with E-state index in [1.807, 2.05) is 35.9 Å². The maximum absolute atomic E-state index is 12.7. The van der Waals surface area contributed by atoms with Crippen molar-refractivity contribution in [2.75, 3.05) is 20.2 Å². The van der Waals surface area contributed by atoms with Gasteiger partial charge in [0.25, 0.3) is 5.91 Å². The van der Waals surface area contributed by atoms with Crippen LogP contribution >= 0.6 is 34.3 Å². The molecule has 1 aromatic carbocycles. The molecule has 0 aliphatic heterocycles. The smallest absolute Gasteiger partial charge is 0.265 e. The lowest BCUT2D eigenvalue weighted by molar-refractivity contribution is 0.0777. The maximum Gasteiger partial charge on any atom is 0.265 e. The second kappa shape index (κ2) is 7.99. The molecule has 1 amide bonds. The van der Waals surface area contributed by atoms with E-state index in [1.54, 1.807) is 35.4 Å². The van der Waals surface area contributed by atoms with Gasteiger partial charge < -0.3 is 9.64 Å². The number of carbonyl (C=O) groups excluding carboxylic acids is 1. The quantitative estimate of drug-likeness (QED) is 0.593. The molecule has 3 aromatic rings. The van der Waals surface area contributed by atoms with Crippen LogP contribution in [0.2, 0.25) is 5.02 Å². The summed E-state index contributed by atoms with van der Waals surface area (Å²) in [6, 6.07) is 9.23. The minimum atomic E-state index is -0.0360. The van der Waals surface area contributed by atoms with E-state index in [2.05, 4.69) is 4.98 Å². The zero-order valence-electron chi connectivity index (χ0n) is 13.9. The number of amides is 1. The van der Waals surface area contributed by atoms with Crippen LogP contribution in [0.15, 0.2) is 41.1 Å². The number of thiophene rings is 1. The third-order valence-electron chi connectivity index (χ3n) is 3.60. The van der Waals surface area contributed by atoms with Gasteiger partial charge in [0, 0.05) is 23.0 Å². The van der Waals surface area contributed by atoms with Gasteiger partial charge in [0.15, 0.2) is 0 Å². The van der Waals surface area contributed by atoms with Crippen molar-refractivity contribution in [2.45, 2.75) is 6.92 Å². The first-order chi connectivity index (χ1) is 12.0. The number of aryl methyl sites for hydroxylation is 1. The lowest BCUT2D eigenvalue weighted by Gasteiger charge is -2.17. The number of rotatable bonds is 6. The summed E-state index contributed by atoms with van der Waals surface area (Å²) in [5, 5.41) is 5.55. The SMILES string of the molecule is Cc1nc(-c2ccsc2)sc1C(=O)N(C)CCOc1cccc(Cl)c1. The topological polar surface area (TPSA) is 42.4 Å². The molecule has 0 atom stereocenters. The summed E-state index contributed by atoms with van der Waals surface area (Å²) in [5.41, 5.74) is 1.82. The van der Waals surface area contributed by atoms with Crippen LogP contribution in [-0.4, -0.2) is 36.0 Å². The van der Waals surface area contributed by atoms with Crippen molar-refractivity contribution < 1.29 is 9.53 Å². The normalized spacial score (nSPS) is 10.7. The van der Waals surface area contributed by atoms with E-state index in [1.165, 1.54) is 11.3 Å². The highest BCUT2D eigenvalue weighted by Crippen LogP contribution is 2.30. The third kappa shape index (κ3) is 4.39. The van der Waals surface area contributed by atoms with Gasteiger partial charge in [-0.05, 0) is 36.6 Å². The van der Waals surface area contributed by atoms with Gasteiger partial charge in [-0.3, -0.25) is 4.79 Å². The van der Waals surface area contributed by atoms with Crippen molar-refractivity contribution in [1.82, 2.24) is 9.88 Å². The highest BCUT2D eigenvalue weighted by atomic mass is 35.5. The molecular weight excluding hydrogens is 376 g/mol. The predicted molar refractivity (Wildman–Crippen MR) is 104 cm³/mol. The molecule has 0 N–H and O–H groups in total. The van der Waals surface area contributed by atoms with Gasteiger partial charge in [-0.1, -0.05) is 17.7 Å². The molecular formula is C18H17ClN2O2S2. The van der Waals surface area contributed by atoms with E-state index in [-0.39, 0.29) is 5.91 Å². The molecule has 4 nitrogen and oxygen atoms in total. The molecule has 0 aliphatic carbocycles. The summed E-state index contributed by atoms with van der Waals surface area (Å²) in [6.45, 7) is 2.75. The van der Waals surface area contributed by atoms with Gasteiger partial charge in [0.2, 0.25) is 0 Å². The van der Waals surface area contributed by atoms with Crippen LogP contribution < -0.4 is 4.74 Å². The van der Waals surface area contributed by atoms with Gasteiger partial charge in [-0.2, -0.15) is 11.3 Å². The van der Waals surface area contributed by atoms with Crippen molar-refractivity contribution >= 4 is 40.2 Å². The third-order valence-corrected chi connectivity index (χ3v) is 5.71. The highest BCUT2D eigenvalue weighted by molar-refractivity contribution is 7.17. The number of benzene rings is 1. The molecule has 3 rings (SSSR count). The average molecular weight is 393 g/mol. The van der Waals surface area contributed by atoms with Crippen LogP contribution in [0.5, 0.6) is 5.75 Å². The Morgan fingerprint density at radius 3 is 2.92 bits per heavy atom. The van der Waals surface area contributed by atoms with Crippen LogP contribution in [0, 0.1) is 6.92 Å². The number of ether oxygens (including phenoxy) is 1. The summed E-state index contributed by atoms with van der Waals surface area (Å²) in [6.07, 6.45) is 0. The Labute approximate surface area is 159 Å². The monoisotopic (exact) mass is 392 g/mol. The minimum Gasteiger partial charge on any atom is -0.492 e. The lowest BCUT2D eigenvalue weighted by Crippen LogP contribution is -2.30. The van der Waals surface area contributed by atoms with Crippen molar-refractivity contribution in [3.8, 4) is 16.3 Å². The zero-order chi connectivity index (χ0) is 17.8. The van der Waals surface area contributed by atoms with Crippen LogP contribution in [0.4, 0.5) is 0 Å². The van der Waals surface area contributed by atoms with Crippen molar-refractivity contribution in [1.29, 1.82) is 0 Å². The highest BCUT2D eigenvalue weighted by Gasteiger charge is 2.19. The van der Waals surface area contributed by atoms with Crippen molar-refractivity contribution in [3.63, 3.8) is 0 Å². The fraction of sp³-hybridized carbons (Fsp3) is 0.222. The molecule has 0 saturated carbocycles. The van der Waals surface area contributed by atoms with Crippen molar-refractivity contribution in [2.24, 2.45) is 0 Å². The standard InChI is InChI=1S/C18H17ClN2O2S2/c1-12-16(25-17(20-12)13-6-9-24-11-13)18(22)21(2)7-8-23-15-5-3-4-14(19)10-15/h3-6,9-11H,7-8H2,1-2H3. The number of carbonyl (C=O) groups is 1. The molecule has 0 spiro atoms. The Kier molecular flexibility index (Phi) is 5.73. The van der Waals surface area contributed by atoms with E-state index in [4.69, 9.17) is 16.3 Å². The molecule has 0 unspecified atom stereocenters. The molecule has 2 aromatic heterocycles. The Morgan fingerprint density at radius 1 is 1.36 bits per heavy atom. The first-order valence-electron chi connectivity index (χ1n) is 7.68. The number of thiazole rings is 1. The molecule has 130 valence electrons. The molecule has 25 heavy (non-hydrogen) atoms. The Bertz CT molecular complexity index is 862. The molecule has 2 heterocycles. The summed E-state index contributed by atoms with van der Waals surface area (Å²) >= 11 is 8.98. The second-order valence-electron chi connectivity index (χ2n) is 5.48. The molecule has 0 aliphatic rings. The molecule has 0 bridgehead atoms. The van der Waals surface area contributed by atoms with Crippen molar-refractivity contribution in [3.05, 3.63) is 56.7 Å². The Morgan fingerprint density at radius 2 is 2.20 bits per heavy atom. The minimum absolute atomic E-state index is 0.0360. The number of halogens is 1. The molecule has 0 fully saturated rings. The molecule has 0 radical (unpaired) electrons. The number of nitrogens with zero attached hydrogens (tertiary/aromatic N) is 2. The van der Waals surface area contributed by atoms with E-state index in [0.717, 1.165) is 16.3 Å². The van der Waals surface area contributed by atoms with Crippen LogP contribution in [0.3, 0.4) is 0 Å². The van der Waals surface area contributed by atoms with Gasteiger partial charge in [0.05, 0.1) is 12.2 Å². The zero-order valence-corrected chi connectivity index (χ0v) is 16.2. The number of hydrogen-bond donors (Lipinski definition) is 0. The first kappa shape index (κ1) is 17.9. The van der Waals surface area contributed by atoms with Gasteiger partial charge in [-0.15, -0.1) is 11.3 Å². The first-order valence-corrected chi connectivity index (χ1v) is 9.82. The summed E-state index contributed by atoms with van der Waals surface area (Å²) in [5.74, 6) is 0.660. The van der Waals surface area contributed by atoms with E-state index < -0.39 is 0 Å². The van der Waals surface area contributed by atoms with Gasteiger partial charge >= 0.3 is 0 Å². The van der Waals surface area contributed by atoms with E-state index in [0.29, 0.717) is 28.8 Å². The van der Waals surface area contributed by atoms with Crippen LogP contribution in [0.1, 0.15) is 15.4 Å². The largest absolute Gasteiger partial charge is 0.492 e. The van der Waals surface area contributed by atoms with Crippen LogP contribution in [-0.2, 0) is 0 Å². The maximum atomic E-state index is 12.7. The van der Waals surface area contributed by atoms with Gasteiger partial charge in [0.1, 0.15) is 22.2 Å². The number of hydrogen-bond acceptors (Lipinski definition) is 5.